The van der Waals surface area contributed by atoms with Crippen molar-refractivity contribution in [3.8, 4) is 0 Å². The second-order valence-corrected chi connectivity index (χ2v) is 8.91. The van der Waals surface area contributed by atoms with E-state index >= 15 is 0 Å². The van der Waals surface area contributed by atoms with Crippen LogP contribution in [0.1, 0.15) is 32.1 Å². The smallest absolute Gasteiger partial charge is 0.430 e. The molecular formula is C20H22F3IN2O3. The molecule has 0 spiro atoms. The number of ether oxygens (including phenoxy) is 2. The minimum absolute atomic E-state index is 0.138. The van der Waals surface area contributed by atoms with Crippen molar-refractivity contribution in [1.82, 2.24) is 4.57 Å². The van der Waals surface area contributed by atoms with E-state index in [1.807, 2.05) is 34.7 Å². The number of cyclic esters (lactones) is 2. The van der Waals surface area contributed by atoms with Crippen LogP contribution in [0.5, 0.6) is 0 Å². The molecule has 9 heteroatoms. The SMILES string of the molecule is O=C1OCC(CC2CCC(Nc3cccc4c3cc(I)n4CC(F)(F)F)CC2)O1. The average Bonchev–Trinajstić information content (AvgIpc) is 3.20. The summed E-state index contributed by atoms with van der Waals surface area (Å²) in [6.45, 7) is -0.647. The molecule has 2 aliphatic rings. The van der Waals surface area contributed by atoms with Crippen molar-refractivity contribution in [3.05, 3.63) is 28.0 Å². The van der Waals surface area contributed by atoms with Crippen LogP contribution >= 0.6 is 22.6 Å². The first-order valence-corrected chi connectivity index (χ1v) is 10.8. The summed E-state index contributed by atoms with van der Waals surface area (Å²) in [5.41, 5.74) is 1.47. The number of hydrogen-bond acceptors (Lipinski definition) is 4. The van der Waals surface area contributed by atoms with Crippen LogP contribution in [0.4, 0.5) is 23.7 Å². The van der Waals surface area contributed by atoms with Crippen LogP contribution in [0.3, 0.4) is 0 Å². The highest BCUT2D eigenvalue weighted by Gasteiger charge is 2.31. The number of halogens is 4. The molecule has 2 fully saturated rings. The van der Waals surface area contributed by atoms with Crippen LogP contribution in [0.25, 0.3) is 10.9 Å². The first-order valence-electron chi connectivity index (χ1n) is 9.73. The van der Waals surface area contributed by atoms with Crippen LogP contribution in [0.15, 0.2) is 24.3 Å². The number of anilines is 1. The molecule has 2 aromatic rings. The topological polar surface area (TPSA) is 52.5 Å². The summed E-state index contributed by atoms with van der Waals surface area (Å²) in [6.07, 6.45) is -0.153. The highest BCUT2D eigenvalue weighted by atomic mass is 127. The monoisotopic (exact) mass is 522 g/mol. The number of rotatable bonds is 5. The fraction of sp³-hybridized carbons (Fsp3) is 0.550. The van der Waals surface area contributed by atoms with E-state index < -0.39 is 18.9 Å². The lowest BCUT2D eigenvalue weighted by Gasteiger charge is -2.30. The van der Waals surface area contributed by atoms with Gasteiger partial charge in [-0.3, -0.25) is 0 Å². The third-order valence-corrected chi connectivity index (χ3v) is 6.58. The van der Waals surface area contributed by atoms with E-state index in [9.17, 15) is 18.0 Å². The Labute approximate surface area is 180 Å². The summed E-state index contributed by atoms with van der Waals surface area (Å²) in [5, 5.41) is 4.36. The van der Waals surface area contributed by atoms with E-state index in [1.54, 1.807) is 12.1 Å². The second-order valence-electron chi connectivity index (χ2n) is 7.81. The zero-order valence-electron chi connectivity index (χ0n) is 15.7. The molecule has 5 nitrogen and oxygen atoms in total. The quantitative estimate of drug-likeness (QED) is 0.404. The summed E-state index contributed by atoms with van der Waals surface area (Å²) >= 11 is 1.96. The van der Waals surface area contributed by atoms with Gasteiger partial charge in [0.15, 0.2) is 0 Å². The Bertz CT molecular complexity index is 891. The molecular weight excluding hydrogens is 500 g/mol. The Morgan fingerprint density at radius 2 is 1.97 bits per heavy atom. The molecule has 1 saturated heterocycles. The van der Waals surface area contributed by atoms with E-state index in [2.05, 4.69) is 5.32 Å². The molecule has 1 aliphatic heterocycles. The van der Waals surface area contributed by atoms with Crippen LogP contribution in [0, 0.1) is 9.62 Å². The third kappa shape index (κ3) is 4.92. The Hall–Kier alpha value is -1.65. The third-order valence-electron chi connectivity index (χ3n) is 5.69. The van der Waals surface area contributed by atoms with Gasteiger partial charge >= 0.3 is 12.3 Å². The van der Waals surface area contributed by atoms with Gasteiger partial charge in [-0.05, 0) is 78.8 Å². The number of carbonyl (C=O) groups excluding carboxylic acids is 1. The molecule has 1 aromatic carbocycles. The van der Waals surface area contributed by atoms with Crippen molar-refractivity contribution in [2.75, 3.05) is 11.9 Å². The van der Waals surface area contributed by atoms with Crippen molar-refractivity contribution in [1.29, 1.82) is 0 Å². The predicted molar refractivity (Wildman–Crippen MR) is 111 cm³/mol. The summed E-state index contributed by atoms with van der Waals surface area (Å²) < 4.78 is 50.6. The predicted octanol–water partition coefficient (Wildman–Crippen LogP) is 5.70. The van der Waals surface area contributed by atoms with Gasteiger partial charge in [-0.1, -0.05) is 6.07 Å². The van der Waals surface area contributed by atoms with Gasteiger partial charge in [-0.25, -0.2) is 4.79 Å². The molecule has 0 bridgehead atoms. The van der Waals surface area contributed by atoms with Crippen molar-refractivity contribution in [2.45, 2.75) is 57.0 Å². The number of nitrogens with one attached hydrogen (secondary N) is 1. The number of alkyl halides is 3. The standard InChI is InChI=1S/C20H22F3IN2O3/c21-20(22,23)11-26-17-3-1-2-16(15(17)9-18(26)24)25-13-6-4-12(5-7-13)8-14-10-28-19(27)29-14/h1-3,9,12-14,25H,4-8,10-11H2. The van der Waals surface area contributed by atoms with E-state index in [0.717, 1.165) is 43.2 Å². The highest BCUT2D eigenvalue weighted by Crippen LogP contribution is 2.34. The van der Waals surface area contributed by atoms with E-state index in [4.69, 9.17) is 9.47 Å². The average molecular weight is 522 g/mol. The summed E-state index contributed by atoms with van der Waals surface area (Å²) in [7, 11) is 0. The molecule has 29 heavy (non-hydrogen) atoms. The van der Waals surface area contributed by atoms with Crippen LogP contribution in [-0.2, 0) is 16.0 Å². The molecule has 1 unspecified atom stereocenters. The largest absolute Gasteiger partial charge is 0.508 e. The van der Waals surface area contributed by atoms with Crippen LogP contribution in [-0.4, -0.2) is 35.7 Å². The fourth-order valence-electron chi connectivity index (χ4n) is 4.33. The minimum atomic E-state index is -4.26. The van der Waals surface area contributed by atoms with Gasteiger partial charge in [0, 0.05) is 17.1 Å². The molecule has 1 aromatic heterocycles. The molecule has 4 rings (SSSR count). The molecule has 2 heterocycles. The maximum atomic E-state index is 12.9. The first-order chi connectivity index (χ1) is 13.8. The van der Waals surface area contributed by atoms with Gasteiger partial charge < -0.3 is 19.4 Å². The number of aromatic nitrogens is 1. The lowest BCUT2D eigenvalue weighted by molar-refractivity contribution is -0.140. The van der Waals surface area contributed by atoms with Gasteiger partial charge in [-0.15, -0.1) is 0 Å². The summed E-state index contributed by atoms with van der Waals surface area (Å²) in [6, 6.07) is 7.55. The van der Waals surface area contributed by atoms with Crippen molar-refractivity contribution in [2.24, 2.45) is 5.92 Å². The van der Waals surface area contributed by atoms with E-state index in [-0.39, 0.29) is 12.1 Å². The normalized spacial score (nSPS) is 25.1. The zero-order valence-corrected chi connectivity index (χ0v) is 17.8. The maximum absolute atomic E-state index is 12.9. The van der Waals surface area contributed by atoms with Gasteiger partial charge in [0.25, 0.3) is 0 Å². The van der Waals surface area contributed by atoms with Crippen molar-refractivity contribution >= 4 is 45.3 Å². The zero-order chi connectivity index (χ0) is 20.6. The second kappa shape index (κ2) is 8.23. The number of fused-ring (bicyclic) bond motifs is 1. The summed E-state index contributed by atoms with van der Waals surface area (Å²) in [4.78, 5) is 11.0. The number of hydrogen-bond donors (Lipinski definition) is 1. The van der Waals surface area contributed by atoms with Gasteiger partial charge in [0.2, 0.25) is 0 Å². The van der Waals surface area contributed by atoms with Crippen molar-refractivity contribution in [3.63, 3.8) is 0 Å². The Morgan fingerprint density at radius 3 is 2.62 bits per heavy atom. The molecule has 1 atom stereocenters. The van der Waals surface area contributed by atoms with Crippen molar-refractivity contribution < 1.29 is 27.4 Å². The molecule has 1 saturated carbocycles. The summed E-state index contributed by atoms with van der Waals surface area (Å²) in [5.74, 6) is 0.497. The first kappa shape index (κ1) is 20.6. The Morgan fingerprint density at radius 1 is 1.21 bits per heavy atom. The van der Waals surface area contributed by atoms with E-state index in [0.29, 0.717) is 21.7 Å². The number of carbonyl (C=O) groups is 1. The molecule has 0 amide bonds. The Balaban J connectivity index is 1.40. The Kier molecular flexibility index (Phi) is 5.85. The molecule has 1 N–H and O–H groups in total. The number of benzene rings is 1. The fourth-order valence-corrected chi connectivity index (χ4v) is 5.08. The van der Waals surface area contributed by atoms with Crippen LogP contribution in [0.2, 0.25) is 0 Å². The van der Waals surface area contributed by atoms with Gasteiger partial charge in [0.05, 0.1) is 9.22 Å². The van der Waals surface area contributed by atoms with Gasteiger partial charge in [0.1, 0.15) is 19.3 Å². The lowest BCUT2D eigenvalue weighted by Crippen LogP contribution is -2.28. The molecule has 158 valence electrons. The lowest BCUT2D eigenvalue weighted by atomic mass is 9.83. The minimum Gasteiger partial charge on any atom is -0.430 e. The van der Waals surface area contributed by atoms with Crippen LogP contribution < -0.4 is 5.32 Å². The number of nitrogens with zero attached hydrogens (tertiary/aromatic N) is 1. The maximum Gasteiger partial charge on any atom is 0.508 e. The molecule has 1 aliphatic carbocycles. The van der Waals surface area contributed by atoms with Gasteiger partial charge in [-0.2, -0.15) is 13.2 Å². The highest BCUT2D eigenvalue weighted by molar-refractivity contribution is 14.1. The van der Waals surface area contributed by atoms with E-state index in [1.165, 1.54) is 4.57 Å². The molecule has 0 radical (unpaired) electrons.